The van der Waals surface area contributed by atoms with E-state index in [-0.39, 0.29) is 18.2 Å². The van der Waals surface area contributed by atoms with E-state index in [9.17, 15) is 4.79 Å². The first-order valence-corrected chi connectivity index (χ1v) is 12.0. The number of carbonyl (C=O) groups is 1. The third-order valence-electron chi connectivity index (χ3n) is 6.29. The van der Waals surface area contributed by atoms with E-state index in [1.54, 1.807) is 4.90 Å². The summed E-state index contributed by atoms with van der Waals surface area (Å²) in [5.41, 5.74) is 4.15. The zero-order chi connectivity index (χ0) is 23.9. The van der Waals surface area contributed by atoms with Crippen LogP contribution in [0.25, 0.3) is 10.9 Å². The van der Waals surface area contributed by atoms with Crippen LogP contribution in [0.4, 0.5) is 4.79 Å². The molecule has 0 radical (unpaired) electrons. The summed E-state index contributed by atoms with van der Waals surface area (Å²) in [6, 6.07) is 13.4. The van der Waals surface area contributed by atoms with Gasteiger partial charge in [0.1, 0.15) is 24.5 Å². The number of hydrogen-bond donors (Lipinski definition) is 1. The monoisotopic (exact) mass is 484 g/mol. The molecule has 2 aliphatic rings. The minimum atomic E-state index is -0.572. The summed E-state index contributed by atoms with van der Waals surface area (Å²) in [6.45, 7) is 7.42. The van der Waals surface area contributed by atoms with Gasteiger partial charge in [-0.05, 0) is 68.7 Å². The number of amides is 1. The van der Waals surface area contributed by atoms with Crippen molar-refractivity contribution in [3.05, 3.63) is 64.3 Å². The van der Waals surface area contributed by atoms with Gasteiger partial charge in [0.05, 0.1) is 13.2 Å². The van der Waals surface area contributed by atoms with Gasteiger partial charge in [-0.2, -0.15) is 0 Å². The van der Waals surface area contributed by atoms with Crippen LogP contribution >= 0.6 is 11.6 Å². The Labute approximate surface area is 203 Å². The standard InChI is InChI=1S/C26H29ClN2O5/c1-4-31-25(30)29-12-11-20-21-13-17(27)7-10-22(21)28-23(20)24(29)16-5-8-18(9-6-16)32-14-19-15-33-26(2,3)34-19/h5-10,13,19,24,28H,4,11-12,14-15H2,1-3H3. The summed E-state index contributed by atoms with van der Waals surface area (Å²) in [6.07, 6.45) is 0.302. The Hall–Kier alpha value is -2.74. The number of aromatic amines is 1. The molecule has 3 aromatic rings. The van der Waals surface area contributed by atoms with Crippen LogP contribution in [0.5, 0.6) is 5.75 Å². The quantitative estimate of drug-likeness (QED) is 0.521. The second kappa shape index (κ2) is 9.13. The molecule has 2 unspecified atom stereocenters. The number of nitrogens with one attached hydrogen (secondary N) is 1. The second-order valence-corrected chi connectivity index (χ2v) is 9.52. The molecule has 2 atom stereocenters. The molecule has 2 aromatic carbocycles. The van der Waals surface area contributed by atoms with E-state index < -0.39 is 5.79 Å². The molecule has 1 saturated heterocycles. The predicted octanol–water partition coefficient (Wildman–Crippen LogP) is 5.46. The number of H-pyrrole nitrogens is 1. The number of fused-ring (bicyclic) bond motifs is 3. The number of carbonyl (C=O) groups excluding carboxylic acids is 1. The highest BCUT2D eigenvalue weighted by Gasteiger charge is 2.36. The molecule has 1 amide bonds. The number of ether oxygens (including phenoxy) is 4. The van der Waals surface area contributed by atoms with Crippen molar-refractivity contribution in [2.24, 2.45) is 0 Å². The van der Waals surface area contributed by atoms with Crippen molar-refractivity contribution in [3.63, 3.8) is 0 Å². The van der Waals surface area contributed by atoms with Crippen LogP contribution in [0.3, 0.4) is 0 Å². The smallest absolute Gasteiger partial charge is 0.410 e. The van der Waals surface area contributed by atoms with Gasteiger partial charge in [0, 0.05) is 28.2 Å². The summed E-state index contributed by atoms with van der Waals surface area (Å²) in [5, 5.41) is 1.79. The summed E-state index contributed by atoms with van der Waals surface area (Å²) >= 11 is 6.27. The van der Waals surface area contributed by atoms with Crippen LogP contribution in [-0.2, 0) is 20.6 Å². The molecule has 1 N–H and O–H groups in total. The molecule has 34 heavy (non-hydrogen) atoms. The Bertz CT molecular complexity index is 1190. The lowest BCUT2D eigenvalue weighted by atomic mass is 9.92. The Kier molecular flexibility index (Phi) is 6.18. The van der Waals surface area contributed by atoms with Gasteiger partial charge in [0.15, 0.2) is 5.79 Å². The van der Waals surface area contributed by atoms with Gasteiger partial charge < -0.3 is 23.9 Å². The molecule has 8 heteroatoms. The largest absolute Gasteiger partial charge is 0.491 e. The Morgan fingerprint density at radius 2 is 2.03 bits per heavy atom. The van der Waals surface area contributed by atoms with Gasteiger partial charge >= 0.3 is 6.09 Å². The van der Waals surface area contributed by atoms with Gasteiger partial charge in [-0.15, -0.1) is 0 Å². The van der Waals surface area contributed by atoms with Crippen molar-refractivity contribution < 1.29 is 23.7 Å². The van der Waals surface area contributed by atoms with Gasteiger partial charge in [-0.3, -0.25) is 4.90 Å². The van der Waals surface area contributed by atoms with Crippen LogP contribution in [0.1, 0.15) is 43.6 Å². The number of hydrogen-bond acceptors (Lipinski definition) is 5. The third-order valence-corrected chi connectivity index (χ3v) is 6.53. The molecule has 0 spiro atoms. The van der Waals surface area contributed by atoms with E-state index in [0.717, 1.165) is 34.3 Å². The normalized spacial score (nSPS) is 21.5. The molecule has 0 bridgehead atoms. The van der Waals surface area contributed by atoms with Crippen LogP contribution < -0.4 is 4.74 Å². The summed E-state index contributed by atoms with van der Waals surface area (Å²) in [7, 11) is 0. The molecule has 0 saturated carbocycles. The summed E-state index contributed by atoms with van der Waals surface area (Å²) in [4.78, 5) is 18.2. The number of rotatable bonds is 5. The Balaban J connectivity index is 1.42. The molecule has 3 heterocycles. The number of halogens is 1. The van der Waals surface area contributed by atoms with Crippen molar-refractivity contribution in [1.29, 1.82) is 0 Å². The zero-order valence-corrected chi connectivity index (χ0v) is 20.4. The van der Waals surface area contributed by atoms with Crippen LogP contribution in [0.2, 0.25) is 5.02 Å². The van der Waals surface area contributed by atoms with Crippen molar-refractivity contribution in [1.82, 2.24) is 9.88 Å². The zero-order valence-electron chi connectivity index (χ0n) is 19.6. The van der Waals surface area contributed by atoms with Gasteiger partial charge in [-0.1, -0.05) is 23.7 Å². The molecule has 1 aromatic heterocycles. The maximum absolute atomic E-state index is 12.8. The van der Waals surface area contributed by atoms with Crippen molar-refractivity contribution >= 4 is 28.6 Å². The molecule has 5 rings (SSSR count). The summed E-state index contributed by atoms with van der Waals surface area (Å²) < 4.78 is 22.7. The van der Waals surface area contributed by atoms with E-state index in [4.69, 9.17) is 30.5 Å². The third kappa shape index (κ3) is 4.48. The van der Waals surface area contributed by atoms with Gasteiger partial charge in [-0.25, -0.2) is 4.79 Å². The molecular weight excluding hydrogens is 456 g/mol. The predicted molar refractivity (Wildman–Crippen MR) is 129 cm³/mol. The van der Waals surface area contributed by atoms with E-state index >= 15 is 0 Å². The lowest BCUT2D eigenvalue weighted by molar-refractivity contribution is -0.141. The average Bonchev–Trinajstić information content (AvgIpc) is 3.36. The maximum atomic E-state index is 12.8. The fraction of sp³-hybridized carbons (Fsp3) is 0.423. The first-order chi connectivity index (χ1) is 16.3. The molecule has 7 nitrogen and oxygen atoms in total. The van der Waals surface area contributed by atoms with Gasteiger partial charge in [0.2, 0.25) is 0 Å². The number of aromatic nitrogens is 1. The maximum Gasteiger partial charge on any atom is 0.410 e. The molecule has 1 fully saturated rings. The average molecular weight is 485 g/mol. The molecular formula is C26H29ClN2O5. The first-order valence-electron chi connectivity index (χ1n) is 11.6. The van der Waals surface area contributed by atoms with E-state index in [0.29, 0.717) is 31.4 Å². The topological polar surface area (TPSA) is 73.0 Å². The van der Waals surface area contributed by atoms with E-state index in [1.807, 2.05) is 63.2 Å². The highest BCUT2D eigenvalue weighted by Crippen LogP contribution is 2.39. The van der Waals surface area contributed by atoms with Crippen LogP contribution in [-0.4, -0.2) is 54.2 Å². The van der Waals surface area contributed by atoms with Crippen LogP contribution in [0, 0.1) is 0 Å². The van der Waals surface area contributed by atoms with E-state index in [1.165, 1.54) is 5.56 Å². The number of benzene rings is 2. The van der Waals surface area contributed by atoms with Crippen LogP contribution in [0.15, 0.2) is 42.5 Å². The second-order valence-electron chi connectivity index (χ2n) is 9.08. The van der Waals surface area contributed by atoms with Gasteiger partial charge in [0.25, 0.3) is 0 Å². The molecule has 180 valence electrons. The lowest BCUT2D eigenvalue weighted by Gasteiger charge is -2.35. The van der Waals surface area contributed by atoms with Crippen molar-refractivity contribution in [2.75, 3.05) is 26.4 Å². The fourth-order valence-corrected chi connectivity index (χ4v) is 4.96. The highest BCUT2D eigenvalue weighted by atomic mass is 35.5. The molecule has 0 aliphatic carbocycles. The minimum Gasteiger partial charge on any atom is -0.491 e. The van der Waals surface area contributed by atoms with Crippen molar-refractivity contribution in [2.45, 2.75) is 45.1 Å². The molecule has 2 aliphatic heterocycles. The summed E-state index contributed by atoms with van der Waals surface area (Å²) in [5.74, 6) is 0.163. The number of nitrogens with zero attached hydrogens (tertiary/aromatic N) is 1. The van der Waals surface area contributed by atoms with E-state index in [2.05, 4.69) is 4.98 Å². The highest BCUT2D eigenvalue weighted by molar-refractivity contribution is 6.31. The SMILES string of the molecule is CCOC(=O)N1CCc2c([nH]c3ccc(Cl)cc23)C1c1ccc(OCC2COC(C)(C)O2)cc1. The minimum absolute atomic E-state index is 0.104. The lowest BCUT2D eigenvalue weighted by Crippen LogP contribution is -2.40. The first kappa shape index (κ1) is 23.0. The van der Waals surface area contributed by atoms with Crippen molar-refractivity contribution in [3.8, 4) is 5.75 Å². The Morgan fingerprint density at radius 3 is 2.74 bits per heavy atom. The fourth-order valence-electron chi connectivity index (χ4n) is 4.79. The Morgan fingerprint density at radius 1 is 1.24 bits per heavy atom.